The first-order chi connectivity index (χ1) is 12.6. The number of benzene rings is 1. The Morgan fingerprint density at radius 3 is 2.58 bits per heavy atom. The smallest absolute Gasteiger partial charge is 0.266 e. The summed E-state index contributed by atoms with van der Waals surface area (Å²) in [5.74, 6) is -0.0177. The lowest BCUT2D eigenvalue weighted by Crippen LogP contribution is -2.27. The van der Waals surface area contributed by atoms with Crippen LogP contribution in [0.15, 0.2) is 50.7 Å². The van der Waals surface area contributed by atoms with Crippen molar-refractivity contribution in [2.45, 2.75) is 31.6 Å². The number of aliphatic hydroxyl groups is 1. The first-order valence-corrected chi connectivity index (χ1v) is 10.8. The lowest BCUT2D eigenvalue weighted by molar-refractivity contribution is -0.122. The summed E-state index contributed by atoms with van der Waals surface area (Å²) in [5.41, 5.74) is 2.16. The zero-order valence-electron chi connectivity index (χ0n) is 14.9. The molecule has 0 aromatic heterocycles. The van der Waals surface area contributed by atoms with Gasteiger partial charge in [0.1, 0.15) is 4.32 Å². The van der Waals surface area contributed by atoms with Crippen LogP contribution in [0.25, 0.3) is 0 Å². The highest BCUT2D eigenvalue weighted by Gasteiger charge is 2.33. The van der Waals surface area contributed by atoms with Gasteiger partial charge in [-0.05, 0) is 50.5 Å². The zero-order chi connectivity index (χ0) is 18.7. The third-order valence-corrected chi connectivity index (χ3v) is 6.93. The highest BCUT2D eigenvalue weighted by Crippen LogP contribution is 2.47. The Labute approximate surface area is 168 Å². The number of rotatable bonds is 6. The molecular weight excluding hydrogens is 384 g/mol. The number of carbonyl (C=O) groups is 1. The van der Waals surface area contributed by atoms with Crippen molar-refractivity contribution in [3.63, 3.8) is 0 Å². The molecule has 138 valence electrons. The van der Waals surface area contributed by atoms with Crippen LogP contribution in [0.3, 0.4) is 0 Å². The highest BCUT2D eigenvalue weighted by atomic mass is 32.2. The van der Waals surface area contributed by atoms with E-state index in [1.807, 2.05) is 19.1 Å². The molecule has 2 heterocycles. The van der Waals surface area contributed by atoms with Crippen molar-refractivity contribution in [3.8, 4) is 0 Å². The molecule has 0 aliphatic carbocycles. The number of carbonyl (C=O) groups excluding carboxylic acids is 1. The maximum atomic E-state index is 12.7. The zero-order valence-corrected chi connectivity index (χ0v) is 17.3. The second-order valence-electron chi connectivity index (χ2n) is 5.90. The quantitative estimate of drug-likeness (QED) is 0.559. The Bertz CT molecular complexity index is 789. The SMILES string of the molecule is CCN1C(=O)/C(=C(\C=C2\Sc3ccccc3N2CC)CCCO)SC1=S. The van der Waals surface area contributed by atoms with Gasteiger partial charge in [-0.2, -0.15) is 0 Å². The lowest BCUT2D eigenvalue weighted by Gasteiger charge is -2.19. The molecule has 0 radical (unpaired) electrons. The Balaban J connectivity index is 2.00. The number of thiocarbonyl (C=S) groups is 1. The van der Waals surface area contributed by atoms with Crippen LogP contribution in [0.4, 0.5) is 5.69 Å². The number of thioether (sulfide) groups is 2. The van der Waals surface area contributed by atoms with Gasteiger partial charge in [0.05, 0.1) is 15.6 Å². The lowest BCUT2D eigenvalue weighted by atomic mass is 10.1. The Morgan fingerprint density at radius 1 is 1.19 bits per heavy atom. The number of fused-ring (bicyclic) bond motifs is 1. The first-order valence-electron chi connectivity index (χ1n) is 8.74. The number of hydrogen-bond acceptors (Lipinski definition) is 6. The molecule has 1 fully saturated rings. The first kappa shape index (κ1) is 19.5. The van der Waals surface area contributed by atoms with Crippen molar-refractivity contribution in [1.29, 1.82) is 0 Å². The van der Waals surface area contributed by atoms with E-state index in [9.17, 15) is 9.90 Å². The minimum atomic E-state index is -0.0177. The topological polar surface area (TPSA) is 43.8 Å². The van der Waals surface area contributed by atoms with Gasteiger partial charge in [-0.25, -0.2) is 0 Å². The molecule has 0 bridgehead atoms. The van der Waals surface area contributed by atoms with E-state index in [1.165, 1.54) is 22.3 Å². The highest BCUT2D eigenvalue weighted by molar-refractivity contribution is 8.26. The predicted molar refractivity (Wildman–Crippen MR) is 114 cm³/mol. The molecule has 26 heavy (non-hydrogen) atoms. The van der Waals surface area contributed by atoms with Crippen molar-refractivity contribution in [3.05, 3.63) is 45.8 Å². The number of likely N-dealkylation sites (N-methyl/N-ethyl adjacent to an activating group) is 1. The fourth-order valence-corrected chi connectivity index (χ4v) is 5.67. The molecular formula is C19H22N2O2S3. The van der Waals surface area contributed by atoms with E-state index in [2.05, 4.69) is 30.0 Å². The molecule has 1 aromatic rings. The normalized spacial score (nSPS) is 20.3. The molecule has 0 atom stereocenters. The van der Waals surface area contributed by atoms with Gasteiger partial charge in [-0.3, -0.25) is 9.69 Å². The number of aliphatic hydroxyl groups excluding tert-OH is 1. The van der Waals surface area contributed by atoms with Crippen LogP contribution in [0.1, 0.15) is 26.7 Å². The monoisotopic (exact) mass is 406 g/mol. The van der Waals surface area contributed by atoms with Gasteiger partial charge in [-0.1, -0.05) is 47.9 Å². The number of amides is 1. The molecule has 4 nitrogen and oxygen atoms in total. The predicted octanol–water partition coefficient (Wildman–Crippen LogP) is 4.37. The maximum absolute atomic E-state index is 12.7. The largest absolute Gasteiger partial charge is 0.396 e. The van der Waals surface area contributed by atoms with E-state index in [-0.39, 0.29) is 12.5 Å². The van der Waals surface area contributed by atoms with Crippen molar-refractivity contribution < 1.29 is 9.90 Å². The second-order valence-corrected chi connectivity index (χ2v) is 8.60. The van der Waals surface area contributed by atoms with Crippen molar-refractivity contribution in [2.24, 2.45) is 0 Å². The maximum Gasteiger partial charge on any atom is 0.266 e. The van der Waals surface area contributed by atoms with Gasteiger partial charge in [0.15, 0.2) is 0 Å². The molecule has 0 saturated carbocycles. The average molecular weight is 407 g/mol. The van der Waals surface area contributed by atoms with Crippen LogP contribution in [0.2, 0.25) is 0 Å². The molecule has 1 N–H and O–H groups in total. The van der Waals surface area contributed by atoms with E-state index >= 15 is 0 Å². The average Bonchev–Trinajstić information content (AvgIpc) is 3.14. The van der Waals surface area contributed by atoms with Crippen LogP contribution in [-0.2, 0) is 4.79 Å². The molecule has 3 rings (SSSR count). The number of anilines is 1. The number of hydrogen-bond donors (Lipinski definition) is 1. The summed E-state index contributed by atoms with van der Waals surface area (Å²) in [6.45, 7) is 5.60. The number of allylic oxidation sites excluding steroid dienone is 2. The Hall–Kier alpha value is -1.28. The fraction of sp³-hybridized carbons (Fsp3) is 0.368. The van der Waals surface area contributed by atoms with Crippen molar-refractivity contribution >= 4 is 51.7 Å². The van der Waals surface area contributed by atoms with Crippen LogP contribution in [-0.4, -0.2) is 39.9 Å². The van der Waals surface area contributed by atoms with E-state index in [4.69, 9.17) is 12.2 Å². The fourth-order valence-electron chi connectivity index (χ4n) is 3.02. The van der Waals surface area contributed by atoms with Gasteiger partial charge >= 0.3 is 0 Å². The van der Waals surface area contributed by atoms with Crippen molar-refractivity contribution in [2.75, 3.05) is 24.6 Å². The summed E-state index contributed by atoms with van der Waals surface area (Å²) in [7, 11) is 0. The third-order valence-electron chi connectivity index (χ3n) is 4.31. The van der Waals surface area contributed by atoms with Crippen LogP contribution in [0, 0.1) is 0 Å². The van der Waals surface area contributed by atoms with Crippen LogP contribution < -0.4 is 4.90 Å². The van der Waals surface area contributed by atoms with Crippen LogP contribution >= 0.6 is 35.7 Å². The van der Waals surface area contributed by atoms with Gasteiger partial charge < -0.3 is 10.0 Å². The summed E-state index contributed by atoms with van der Waals surface area (Å²) in [6, 6.07) is 8.33. The Morgan fingerprint density at radius 2 is 1.92 bits per heavy atom. The van der Waals surface area contributed by atoms with E-state index in [0.29, 0.717) is 28.6 Å². The van der Waals surface area contributed by atoms with E-state index in [1.54, 1.807) is 16.7 Å². The number of para-hydroxylation sites is 1. The van der Waals surface area contributed by atoms with Crippen molar-refractivity contribution in [1.82, 2.24) is 4.90 Å². The molecule has 1 amide bonds. The third kappa shape index (κ3) is 3.71. The minimum absolute atomic E-state index is 0.0177. The molecule has 7 heteroatoms. The number of nitrogens with zero attached hydrogens (tertiary/aromatic N) is 2. The Kier molecular flexibility index (Phi) is 6.45. The summed E-state index contributed by atoms with van der Waals surface area (Å²) in [6.07, 6.45) is 3.38. The van der Waals surface area contributed by atoms with Gasteiger partial charge in [0.25, 0.3) is 5.91 Å². The van der Waals surface area contributed by atoms with Crippen LogP contribution in [0.5, 0.6) is 0 Å². The minimum Gasteiger partial charge on any atom is -0.396 e. The summed E-state index contributed by atoms with van der Waals surface area (Å²) in [5, 5.41) is 10.4. The standard InChI is InChI=1S/C19H22N2O2S3/c1-3-20-14-9-5-6-10-15(14)25-16(20)12-13(8-7-11-22)17-18(23)21(4-2)19(24)26-17/h5-6,9-10,12,22H,3-4,7-8,11H2,1-2H3/b16-12+,17-13+. The summed E-state index contributed by atoms with van der Waals surface area (Å²) < 4.78 is 0.613. The molecule has 2 aliphatic rings. The molecule has 2 aliphatic heterocycles. The molecule has 0 spiro atoms. The van der Waals surface area contributed by atoms with Gasteiger partial charge in [-0.15, -0.1) is 0 Å². The molecule has 1 saturated heterocycles. The van der Waals surface area contributed by atoms with Gasteiger partial charge in [0.2, 0.25) is 0 Å². The summed E-state index contributed by atoms with van der Waals surface area (Å²) in [4.78, 5) is 18.6. The van der Waals surface area contributed by atoms with Gasteiger partial charge in [0, 0.05) is 24.6 Å². The molecule has 0 unspecified atom stereocenters. The summed E-state index contributed by atoms with van der Waals surface area (Å²) >= 11 is 8.46. The van der Waals surface area contributed by atoms with E-state index < -0.39 is 0 Å². The van der Waals surface area contributed by atoms with E-state index in [0.717, 1.165) is 17.1 Å². The second kappa shape index (κ2) is 8.61. The molecule has 1 aromatic carbocycles.